The van der Waals surface area contributed by atoms with Crippen LogP contribution in [0.15, 0.2) is 54.9 Å². The molecule has 0 fully saturated rings. The Morgan fingerprint density at radius 1 is 1.21 bits per heavy atom. The number of benzene rings is 2. The highest BCUT2D eigenvalue weighted by molar-refractivity contribution is 5.94. The standard InChI is InChI=1S/C24H27N3O2/c1-16-5-10-20-21(14-24(3,4)29-22(20)13-16)26-23(28)19-8-6-18(7-9-19)15-27-12-11-25-17(27)2/h5-13,21H,14-15H2,1-4H3,(H,26,28)/t21-/m0/s1. The van der Waals surface area contributed by atoms with Crippen molar-refractivity contribution in [3.8, 4) is 5.75 Å². The zero-order chi connectivity index (χ0) is 20.6. The maximum Gasteiger partial charge on any atom is 0.251 e. The Kier molecular flexibility index (Phi) is 4.91. The first kappa shape index (κ1) is 19.2. The van der Waals surface area contributed by atoms with Gasteiger partial charge in [-0.15, -0.1) is 0 Å². The topological polar surface area (TPSA) is 56.1 Å². The predicted octanol–water partition coefficient (Wildman–Crippen LogP) is 4.58. The normalized spacial score (nSPS) is 17.3. The summed E-state index contributed by atoms with van der Waals surface area (Å²) in [5.41, 5.74) is 3.65. The first-order valence-corrected chi connectivity index (χ1v) is 9.98. The van der Waals surface area contributed by atoms with Crippen molar-refractivity contribution < 1.29 is 9.53 Å². The zero-order valence-corrected chi connectivity index (χ0v) is 17.4. The van der Waals surface area contributed by atoms with Gasteiger partial charge in [0.1, 0.15) is 17.2 Å². The number of amides is 1. The number of nitrogens with one attached hydrogen (secondary N) is 1. The second kappa shape index (κ2) is 7.39. The molecule has 0 saturated carbocycles. The Morgan fingerprint density at radius 3 is 2.66 bits per heavy atom. The lowest BCUT2D eigenvalue weighted by atomic mass is 9.89. The average molecular weight is 389 g/mol. The minimum absolute atomic E-state index is 0.0652. The smallest absolute Gasteiger partial charge is 0.251 e. The van der Waals surface area contributed by atoms with Gasteiger partial charge in [-0.25, -0.2) is 4.98 Å². The Balaban J connectivity index is 1.50. The van der Waals surface area contributed by atoms with Crippen molar-refractivity contribution in [2.45, 2.75) is 52.3 Å². The van der Waals surface area contributed by atoms with Crippen LogP contribution >= 0.6 is 0 Å². The summed E-state index contributed by atoms with van der Waals surface area (Å²) in [4.78, 5) is 17.2. The number of carbonyl (C=O) groups excluding carboxylic acids is 1. The van der Waals surface area contributed by atoms with Gasteiger partial charge >= 0.3 is 0 Å². The van der Waals surface area contributed by atoms with Gasteiger partial charge in [0.25, 0.3) is 5.91 Å². The van der Waals surface area contributed by atoms with Gasteiger partial charge in [0, 0.05) is 36.5 Å². The number of fused-ring (bicyclic) bond motifs is 1. The van der Waals surface area contributed by atoms with Gasteiger partial charge < -0.3 is 14.6 Å². The van der Waals surface area contributed by atoms with Crippen LogP contribution in [0.4, 0.5) is 0 Å². The molecule has 1 aliphatic heterocycles. The Morgan fingerprint density at radius 2 is 1.97 bits per heavy atom. The van der Waals surface area contributed by atoms with Crippen molar-refractivity contribution in [1.29, 1.82) is 0 Å². The van der Waals surface area contributed by atoms with E-state index in [9.17, 15) is 4.79 Å². The van der Waals surface area contributed by atoms with E-state index in [1.807, 2.05) is 50.4 Å². The van der Waals surface area contributed by atoms with Gasteiger partial charge in [-0.05, 0) is 57.0 Å². The molecule has 5 nitrogen and oxygen atoms in total. The highest BCUT2D eigenvalue weighted by Crippen LogP contribution is 2.40. The first-order valence-electron chi connectivity index (χ1n) is 9.98. The van der Waals surface area contributed by atoms with Crippen molar-refractivity contribution in [2.24, 2.45) is 0 Å². The lowest BCUT2D eigenvalue weighted by Gasteiger charge is -2.38. The van der Waals surface area contributed by atoms with Crippen molar-refractivity contribution in [2.75, 3.05) is 0 Å². The van der Waals surface area contributed by atoms with Crippen LogP contribution in [0.3, 0.4) is 0 Å². The molecule has 0 spiro atoms. The summed E-state index contributed by atoms with van der Waals surface area (Å²) < 4.78 is 8.22. The van der Waals surface area contributed by atoms with Crippen LogP contribution in [0.25, 0.3) is 0 Å². The van der Waals surface area contributed by atoms with Gasteiger partial charge in [-0.1, -0.05) is 24.3 Å². The summed E-state index contributed by atoms with van der Waals surface area (Å²) in [6.45, 7) is 8.89. The Hall–Kier alpha value is -3.08. The highest BCUT2D eigenvalue weighted by atomic mass is 16.5. The van der Waals surface area contributed by atoms with Crippen LogP contribution < -0.4 is 10.1 Å². The number of imidazole rings is 1. The maximum atomic E-state index is 12.9. The molecular formula is C24H27N3O2. The molecule has 2 aromatic carbocycles. The number of carbonyl (C=O) groups is 1. The molecule has 0 aliphatic carbocycles. The van der Waals surface area contributed by atoms with E-state index < -0.39 is 0 Å². The molecule has 1 N–H and O–H groups in total. The van der Waals surface area contributed by atoms with Crippen LogP contribution in [-0.4, -0.2) is 21.1 Å². The predicted molar refractivity (Wildman–Crippen MR) is 113 cm³/mol. The summed E-state index contributed by atoms with van der Waals surface area (Å²) in [7, 11) is 0. The lowest BCUT2D eigenvalue weighted by molar-refractivity contribution is 0.0619. The summed E-state index contributed by atoms with van der Waals surface area (Å²) in [6.07, 6.45) is 4.49. The van der Waals surface area contributed by atoms with Crippen LogP contribution in [0.5, 0.6) is 5.75 Å². The Bertz CT molecular complexity index is 1030. The molecule has 5 heteroatoms. The maximum absolute atomic E-state index is 12.9. The second-order valence-electron chi connectivity index (χ2n) is 8.43. The van der Waals surface area contributed by atoms with Gasteiger partial charge in [0.05, 0.1) is 6.04 Å². The van der Waals surface area contributed by atoms with Crippen molar-refractivity contribution in [1.82, 2.24) is 14.9 Å². The van der Waals surface area contributed by atoms with Gasteiger partial charge in [-0.2, -0.15) is 0 Å². The number of ether oxygens (including phenoxy) is 1. The van der Waals surface area contributed by atoms with E-state index in [2.05, 4.69) is 40.8 Å². The van der Waals surface area contributed by atoms with E-state index in [1.165, 1.54) is 0 Å². The molecule has 1 aromatic heterocycles. The van der Waals surface area contributed by atoms with E-state index in [0.29, 0.717) is 5.56 Å². The summed E-state index contributed by atoms with van der Waals surface area (Å²) in [5, 5.41) is 3.21. The van der Waals surface area contributed by atoms with Gasteiger partial charge in [0.2, 0.25) is 0 Å². The first-order chi connectivity index (χ1) is 13.8. The molecule has 1 atom stereocenters. The highest BCUT2D eigenvalue weighted by Gasteiger charge is 2.34. The SMILES string of the molecule is Cc1ccc2c(c1)OC(C)(C)C[C@@H]2NC(=O)c1ccc(Cn2ccnc2C)cc1. The van der Waals surface area contributed by atoms with E-state index in [-0.39, 0.29) is 17.6 Å². The van der Waals surface area contributed by atoms with Crippen LogP contribution in [0, 0.1) is 13.8 Å². The third-order valence-corrected chi connectivity index (χ3v) is 5.42. The molecule has 1 amide bonds. The second-order valence-corrected chi connectivity index (χ2v) is 8.43. The minimum atomic E-state index is -0.328. The molecule has 2 heterocycles. The van der Waals surface area contributed by atoms with E-state index in [0.717, 1.165) is 41.2 Å². The summed E-state index contributed by atoms with van der Waals surface area (Å²) in [6, 6.07) is 13.9. The third-order valence-electron chi connectivity index (χ3n) is 5.42. The minimum Gasteiger partial charge on any atom is -0.487 e. The molecule has 29 heavy (non-hydrogen) atoms. The third kappa shape index (κ3) is 4.19. The van der Waals surface area contributed by atoms with Crippen LogP contribution in [0.2, 0.25) is 0 Å². The molecule has 0 radical (unpaired) electrons. The molecule has 0 saturated heterocycles. The summed E-state index contributed by atoms with van der Waals surface area (Å²) in [5.74, 6) is 1.77. The quantitative estimate of drug-likeness (QED) is 0.711. The molecule has 0 unspecified atom stereocenters. The zero-order valence-electron chi connectivity index (χ0n) is 17.4. The number of hydrogen-bond acceptors (Lipinski definition) is 3. The van der Waals surface area contributed by atoms with E-state index in [1.54, 1.807) is 6.20 Å². The van der Waals surface area contributed by atoms with Crippen molar-refractivity contribution in [3.63, 3.8) is 0 Å². The van der Waals surface area contributed by atoms with E-state index >= 15 is 0 Å². The Labute approximate surface area is 171 Å². The molecule has 4 rings (SSSR count). The lowest BCUT2D eigenvalue weighted by Crippen LogP contribution is -2.41. The number of rotatable bonds is 4. The molecule has 3 aromatic rings. The average Bonchev–Trinajstić information content (AvgIpc) is 3.05. The number of hydrogen-bond donors (Lipinski definition) is 1. The van der Waals surface area contributed by atoms with Crippen LogP contribution in [0.1, 0.15) is 59.2 Å². The largest absolute Gasteiger partial charge is 0.487 e. The number of aromatic nitrogens is 2. The number of nitrogens with zero attached hydrogens (tertiary/aromatic N) is 2. The molecular weight excluding hydrogens is 362 g/mol. The van der Waals surface area contributed by atoms with Crippen molar-refractivity contribution in [3.05, 3.63) is 82.9 Å². The van der Waals surface area contributed by atoms with Crippen molar-refractivity contribution >= 4 is 5.91 Å². The number of aryl methyl sites for hydroxylation is 2. The fourth-order valence-corrected chi connectivity index (χ4v) is 3.86. The van der Waals surface area contributed by atoms with Gasteiger partial charge in [0.15, 0.2) is 0 Å². The van der Waals surface area contributed by atoms with Gasteiger partial charge in [-0.3, -0.25) is 4.79 Å². The summed E-state index contributed by atoms with van der Waals surface area (Å²) >= 11 is 0. The molecule has 150 valence electrons. The monoisotopic (exact) mass is 389 g/mol. The molecule has 1 aliphatic rings. The van der Waals surface area contributed by atoms with E-state index in [4.69, 9.17) is 4.74 Å². The molecule has 0 bridgehead atoms. The fraction of sp³-hybridized carbons (Fsp3) is 0.333. The fourth-order valence-electron chi connectivity index (χ4n) is 3.86. The van der Waals surface area contributed by atoms with Crippen LogP contribution in [-0.2, 0) is 6.54 Å².